The molecule has 0 fully saturated rings. The molecular formula is C44H92O4Sn. The minimum absolute atomic E-state index is 0. The minimum atomic E-state index is 0. The summed E-state index contributed by atoms with van der Waals surface area (Å²) in [6, 6.07) is 0. The van der Waals surface area contributed by atoms with Crippen LogP contribution in [0.5, 0.6) is 0 Å². The van der Waals surface area contributed by atoms with Crippen molar-refractivity contribution in [2.75, 3.05) is 26.4 Å². The van der Waals surface area contributed by atoms with E-state index >= 15 is 0 Å². The molecule has 0 bridgehead atoms. The normalized spacial score (nSPS) is 10.3. The van der Waals surface area contributed by atoms with Gasteiger partial charge in [-0.05, 0) is 0 Å². The van der Waals surface area contributed by atoms with Crippen molar-refractivity contribution in [2.45, 2.75) is 259 Å². The van der Waals surface area contributed by atoms with E-state index in [1.54, 1.807) is 0 Å². The third-order valence-electron chi connectivity index (χ3n) is 8.99. The summed E-state index contributed by atoms with van der Waals surface area (Å²) < 4.78 is 0. The van der Waals surface area contributed by atoms with Crippen LogP contribution in [0.4, 0.5) is 0 Å². The molecular weight excluding hydrogens is 711 g/mol. The van der Waals surface area contributed by atoms with Crippen LogP contribution >= 0.6 is 0 Å². The van der Waals surface area contributed by atoms with Crippen LogP contribution in [0.25, 0.3) is 0 Å². The Labute approximate surface area is 328 Å². The Hall–Kier alpha value is 0.639. The van der Waals surface area contributed by atoms with E-state index in [9.17, 15) is 20.4 Å². The molecule has 296 valence electrons. The quantitative estimate of drug-likeness (QED) is 0.0466. The number of rotatable bonds is 36. The van der Waals surface area contributed by atoms with Crippen molar-refractivity contribution < 1.29 is 20.4 Å². The minimum Gasteiger partial charge on any atom is -0.854 e. The average Bonchev–Trinajstić information content (AvgIpc) is 3.10. The van der Waals surface area contributed by atoms with Crippen molar-refractivity contribution in [1.82, 2.24) is 0 Å². The molecule has 0 amide bonds. The fraction of sp³-hybridized carbons (Fsp3) is 1.00. The van der Waals surface area contributed by atoms with Gasteiger partial charge in [0.15, 0.2) is 0 Å². The fourth-order valence-corrected chi connectivity index (χ4v) is 5.65. The molecule has 0 aliphatic heterocycles. The maximum Gasteiger partial charge on any atom is 4.00 e. The molecule has 0 aromatic rings. The third-order valence-corrected chi connectivity index (χ3v) is 8.99. The van der Waals surface area contributed by atoms with Crippen molar-refractivity contribution >= 4 is 23.9 Å². The van der Waals surface area contributed by atoms with Crippen LogP contribution < -0.4 is 20.4 Å². The van der Waals surface area contributed by atoms with E-state index in [1.807, 2.05) is 0 Å². The summed E-state index contributed by atoms with van der Waals surface area (Å²) in [5.41, 5.74) is 0. The predicted octanol–water partition coefficient (Wildman–Crippen LogP) is 11.1. The smallest absolute Gasteiger partial charge is 0.854 e. The van der Waals surface area contributed by atoms with Gasteiger partial charge in [-0.3, -0.25) is 0 Å². The first-order valence-corrected chi connectivity index (χ1v) is 22.0. The Morgan fingerprint density at radius 1 is 0.184 bits per heavy atom. The molecule has 0 aliphatic carbocycles. The van der Waals surface area contributed by atoms with Gasteiger partial charge in [-0.2, -0.15) is 0 Å². The second-order valence-corrected chi connectivity index (χ2v) is 14.1. The Morgan fingerprint density at radius 3 is 0.388 bits per heavy atom. The Morgan fingerprint density at radius 2 is 0.286 bits per heavy atom. The fourth-order valence-electron chi connectivity index (χ4n) is 5.65. The van der Waals surface area contributed by atoms with Crippen LogP contribution in [0.1, 0.15) is 259 Å². The van der Waals surface area contributed by atoms with E-state index in [2.05, 4.69) is 27.7 Å². The van der Waals surface area contributed by atoms with Gasteiger partial charge in [-0.25, -0.2) is 0 Å². The molecule has 0 N–H and O–H groups in total. The maximum absolute atomic E-state index is 10.1. The molecule has 0 aromatic heterocycles. The van der Waals surface area contributed by atoms with Crippen LogP contribution in [-0.2, 0) is 0 Å². The Kier molecular flexibility index (Phi) is 80.4. The van der Waals surface area contributed by atoms with Gasteiger partial charge in [-0.1, -0.05) is 259 Å². The van der Waals surface area contributed by atoms with E-state index in [4.69, 9.17) is 0 Å². The summed E-state index contributed by atoms with van der Waals surface area (Å²) in [5.74, 6) is 0. The molecule has 0 unspecified atom stereocenters. The molecule has 0 heterocycles. The Balaban J connectivity index is -0.000000174. The van der Waals surface area contributed by atoms with Crippen LogP contribution in [0.2, 0.25) is 0 Å². The SMILES string of the molecule is CCCCCCCCCCC[O-].CCCCCCCCCCC[O-].CCCCCCCCCCC[O-].CCCCCCCCCCC[O-].[Sn+4]. The zero-order valence-electron chi connectivity index (χ0n) is 34.4. The third kappa shape index (κ3) is 78.8. The number of hydrogen-bond donors (Lipinski definition) is 0. The van der Waals surface area contributed by atoms with Crippen molar-refractivity contribution in [3.8, 4) is 0 Å². The molecule has 5 heteroatoms. The second kappa shape index (κ2) is 66.8. The van der Waals surface area contributed by atoms with Gasteiger partial charge >= 0.3 is 23.9 Å². The summed E-state index contributed by atoms with van der Waals surface area (Å²) in [6.45, 7) is 9.46. The van der Waals surface area contributed by atoms with Crippen molar-refractivity contribution in [2.24, 2.45) is 0 Å². The number of hydrogen-bond acceptors (Lipinski definition) is 4. The van der Waals surface area contributed by atoms with E-state index < -0.39 is 0 Å². The number of unbranched alkanes of at least 4 members (excludes halogenated alkanes) is 32. The molecule has 4 nitrogen and oxygen atoms in total. The standard InChI is InChI=1S/4C11H23O.Sn/c4*1-2-3-4-5-6-7-8-9-10-11-12;/h4*2-11H2,1H3;/q4*-1;+4. The molecule has 0 saturated carbocycles. The predicted molar refractivity (Wildman–Crippen MR) is 214 cm³/mol. The first-order valence-electron chi connectivity index (χ1n) is 22.0. The Bertz CT molecular complexity index is 333. The second-order valence-electron chi connectivity index (χ2n) is 14.1. The average molecular weight is 804 g/mol. The first-order chi connectivity index (χ1) is 23.7. The maximum atomic E-state index is 10.1. The van der Waals surface area contributed by atoms with Crippen molar-refractivity contribution in [1.29, 1.82) is 0 Å². The summed E-state index contributed by atoms with van der Waals surface area (Å²) >= 11 is 0. The van der Waals surface area contributed by atoms with Gasteiger partial charge < -0.3 is 20.4 Å². The van der Waals surface area contributed by atoms with Gasteiger partial charge in [0, 0.05) is 0 Å². The van der Waals surface area contributed by atoms with E-state index in [1.165, 1.54) is 180 Å². The molecule has 0 saturated heterocycles. The summed E-state index contributed by atoms with van der Waals surface area (Å²) in [5, 5.41) is 40.4. The largest absolute Gasteiger partial charge is 4.00 e. The zero-order valence-corrected chi connectivity index (χ0v) is 37.3. The molecule has 0 aliphatic rings. The first kappa shape index (κ1) is 58.9. The van der Waals surface area contributed by atoms with Gasteiger partial charge in [0.25, 0.3) is 0 Å². The van der Waals surface area contributed by atoms with E-state index in [0.29, 0.717) is 0 Å². The summed E-state index contributed by atoms with van der Waals surface area (Å²) in [6.07, 6.45) is 46.1. The zero-order chi connectivity index (χ0) is 36.3. The molecule has 49 heavy (non-hydrogen) atoms. The van der Waals surface area contributed by atoms with E-state index in [-0.39, 0.29) is 50.3 Å². The van der Waals surface area contributed by atoms with Crippen molar-refractivity contribution in [3.05, 3.63) is 0 Å². The molecule has 0 radical (unpaired) electrons. The molecule has 0 atom stereocenters. The van der Waals surface area contributed by atoms with Crippen LogP contribution in [0, 0.1) is 0 Å². The van der Waals surface area contributed by atoms with Gasteiger partial charge in [0.2, 0.25) is 0 Å². The van der Waals surface area contributed by atoms with Crippen LogP contribution in [0.3, 0.4) is 0 Å². The van der Waals surface area contributed by atoms with Gasteiger partial charge in [0.1, 0.15) is 0 Å². The van der Waals surface area contributed by atoms with Gasteiger partial charge in [-0.15, -0.1) is 26.4 Å². The molecule has 0 spiro atoms. The molecule has 0 rings (SSSR count). The monoisotopic (exact) mass is 805 g/mol. The summed E-state index contributed by atoms with van der Waals surface area (Å²) in [7, 11) is 0. The summed E-state index contributed by atoms with van der Waals surface area (Å²) in [4.78, 5) is 0. The van der Waals surface area contributed by atoms with Crippen molar-refractivity contribution in [3.63, 3.8) is 0 Å². The van der Waals surface area contributed by atoms with Gasteiger partial charge in [0.05, 0.1) is 0 Å². The van der Waals surface area contributed by atoms with Crippen LogP contribution in [0.15, 0.2) is 0 Å². The van der Waals surface area contributed by atoms with E-state index in [0.717, 1.165) is 51.4 Å². The van der Waals surface area contributed by atoms with Crippen LogP contribution in [-0.4, -0.2) is 50.3 Å². The topological polar surface area (TPSA) is 92.2 Å². The molecule has 0 aromatic carbocycles.